The van der Waals surface area contributed by atoms with E-state index >= 15 is 0 Å². The molecular formula is C6H8O2S. The van der Waals surface area contributed by atoms with Gasteiger partial charge in [0.1, 0.15) is 0 Å². The Bertz CT molecular complexity index is 146. The molecule has 0 radical (unpaired) electrons. The molecule has 50 valence electrons. The fraction of sp³-hybridized carbons (Fsp3) is 0.667. The zero-order chi connectivity index (χ0) is 7.02. The number of carbonyl (C=O) groups excluding carboxylic acids is 2. The molecule has 0 spiro atoms. The van der Waals surface area contributed by atoms with Crippen LogP contribution in [0.15, 0.2) is 0 Å². The molecular weight excluding hydrogens is 136 g/mol. The van der Waals surface area contributed by atoms with Crippen molar-refractivity contribution in [2.75, 3.05) is 0 Å². The van der Waals surface area contributed by atoms with E-state index in [4.69, 9.17) is 0 Å². The quantitative estimate of drug-likeness (QED) is 0.509. The van der Waals surface area contributed by atoms with Gasteiger partial charge in [0.05, 0.1) is 0 Å². The summed E-state index contributed by atoms with van der Waals surface area (Å²) >= 11 is 0.859. The van der Waals surface area contributed by atoms with E-state index in [1.165, 1.54) is 0 Å². The average Bonchev–Trinajstić information content (AvgIpc) is 1.98. The lowest BCUT2D eigenvalue weighted by Crippen LogP contribution is -2.09. The van der Waals surface area contributed by atoms with Crippen molar-refractivity contribution in [1.82, 2.24) is 0 Å². The van der Waals surface area contributed by atoms with Gasteiger partial charge < -0.3 is 0 Å². The highest BCUT2D eigenvalue weighted by Gasteiger charge is 2.35. The van der Waals surface area contributed by atoms with Gasteiger partial charge in [-0.15, -0.1) is 0 Å². The Morgan fingerprint density at radius 2 is 1.44 bits per heavy atom. The summed E-state index contributed by atoms with van der Waals surface area (Å²) < 4.78 is 0. The molecule has 1 rings (SSSR count). The first kappa shape index (κ1) is 6.81. The van der Waals surface area contributed by atoms with E-state index in [0.717, 1.165) is 11.8 Å². The van der Waals surface area contributed by atoms with E-state index in [0.29, 0.717) is 0 Å². The van der Waals surface area contributed by atoms with Crippen LogP contribution in [0.5, 0.6) is 0 Å². The Labute approximate surface area is 58.0 Å². The van der Waals surface area contributed by atoms with Gasteiger partial charge in [-0.1, -0.05) is 13.8 Å². The minimum absolute atomic E-state index is 0.0208. The Morgan fingerprint density at radius 1 is 1.11 bits per heavy atom. The molecule has 2 atom stereocenters. The van der Waals surface area contributed by atoms with Gasteiger partial charge in [0.25, 0.3) is 0 Å². The molecule has 0 bridgehead atoms. The van der Waals surface area contributed by atoms with Crippen LogP contribution in [0.2, 0.25) is 0 Å². The van der Waals surface area contributed by atoms with Crippen LogP contribution in [-0.2, 0) is 9.59 Å². The molecule has 9 heavy (non-hydrogen) atoms. The van der Waals surface area contributed by atoms with E-state index in [2.05, 4.69) is 0 Å². The zero-order valence-electron chi connectivity index (χ0n) is 5.38. The summed E-state index contributed by atoms with van der Waals surface area (Å²) in [5.74, 6) is -0.134. The van der Waals surface area contributed by atoms with Gasteiger partial charge in [-0.3, -0.25) is 9.59 Å². The summed E-state index contributed by atoms with van der Waals surface area (Å²) in [6, 6.07) is 0. The predicted octanol–water partition coefficient (Wildman–Crippen LogP) is 1.06. The van der Waals surface area contributed by atoms with Gasteiger partial charge in [0.2, 0.25) is 0 Å². The number of thioether (sulfide) groups is 1. The molecule has 2 nitrogen and oxygen atoms in total. The van der Waals surface area contributed by atoms with Crippen LogP contribution in [0, 0.1) is 11.8 Å². The number of hydrogen-bond donors (Lipinski definition) is 0. The third kappa shape index (κ3) is 1.01. The highest BCUT2D eigenvalue weighted by atomic mass is 32.2. The van der Waals surface area contributed by atoms with Gasteiger partial charge in [0, 0.05) is 11.8 Å². The van der Waals surface area contributed by atoms with Gasteiger partial charge in [-0.25, -0.2) is 0 Å². The standard InChI is InChI=1S/C6H8O2S/c1-3-4(2)6(8)9-5(3)7/h3-4H,1-2H3/t3-,4+. The maximum Gasteiger partial charge on any atom is 0.199 e. The van der Waals surface area contributed by atoms with Gasteiger partial charge in [-0.05, 0) is 11.8 Å². The van der Waals surface area contributed by atoms with Crippen LogP contribution in [-0.4, -0.2) is 10.2 Å². The molecule has 0 aromatic carbocycles. The first-order chi connectivity index (χ1) is 4.13. The Hall–Kier alpha value is -0.310. The average molecular weight is 144 g/mol. The molecule has 0 amide bonds. The lowest BCUT2D eigenvalue weighted by molar-refractivity contribution is -0.118. The minimum Gasteiger partial charge on any atom is -0.286 e. The minimum atomic E-state index is -0.0671. The zero-order valence-corrected chi connectivity index (χ0v) is 6.20. The van der Waals surface area contributed by atoms with Crippen LogP contribution in [0.3, 0.4) is 0 Å². The van der Waals surface area contributed by atoms with Crippen molar-refractivity contribution in [2.45, 2.75) is 13.8 Å². The monoisotopic (exact) mass is 144 g/mol. The first-order valence-electron chi connectivity index (χ1n) is 2.88. The largest absolute Gasteiger partial charge is 0.286 e. The van der Waals surface area contributed by atoms with Gasteiger partial charge in [-0.2, -0.15) is 0 Å². The van der Waals surface area contributed by atoms with E-state index in [-0.39, 0.29) is 22.1 Å². The number of rotatable bonds is 0. The topological polar surface area (TPSA) is 34.1 Å². The Kier molecular flexibility index (Phi) is 1.62. The van der Waals surface area contributed by atoms with Crippen LogP contribution in [0.4, 0.5) is 0 Å². The summed E-state index contributed by atoms with van der Waals surface area (Å²) in [4.78, 5) is 21.5. The molecule has 0 aliphatic carbocycles. The molecule has 0 unspecified atom stereocenters. The van der Waals surface area contributed by atoms with E-state index in [1.54, 1.807) is 13.8 Å². The summed E-state index contributed by atoms with van der Waals surface area (Å²) in [5, 5.41) is 0.0417. The predicted molar refractivity (Wildman–Crippen MR) is 35.9 cm³/mol. The van der Waals surface area contributed by atoms with Crippen LogP contribution >= 0.6 is 11.8 Å². The lowest BCUT2D eigenvalue weighted by Gasteiger charge is -2.00. The second-order valence-electron chi connectivity index (χ2n) is 2.32. The van der Waals surface area contributed by atoms with Crippen LogP contribution < -0.4 is 0 Å². The summed E-state index contributed by atoms with van der Waals surface area (Å²) in [6.45, 7) is 3.59. The van der Waals surface area contributed by atoms with Crippen molar-refractivity contribution in [1.29, 1.82) is 0 Å². The third-order valence-corrected chi connectivity index (χ3v) is 2.84. The highest BCUT2D eigenvalue weighted by Crippen LogP contribution is 2.31. The van der Waals surface area contributed by atoms with E-state index in [1.807, 2.05) is 0 Å². The molecule has 1 heterocycles. The summed E-state index contributed by atoms with van der Waals surface area (Å²) in [5.41, 5.74) is 0. The summed E-state index contributed by atoms with van der Waals surface area (Å²) in [7, 11) is 0. The fourth-order valence-electron chi connectivity index (χ4n) is 0.693. The van der Waals surface area contributed by atoms with E-state index < -0.39 is 0 Å². The molecule has 1 fully saturated rings. The van der Waals surface area contributed by atoms with Crippen molar-refractivity contribution in [3.05, 3.63) is 0 Å². The second-order valence-corrected chi connectivity index (χ2v) is 3.33. The SMILES string of the molecule is C[C@@H]1C(=O)SC(=O)[C@@H]1C. The molecule has 1 aliphatic rings. The second kappa shape index (κ2) is 2.14. The fourth-order valence-corrected chi connectivity index (χ4v) is 1.67. The Balaban J connectivity index is 2.77. The highest BCUT2D eigenvalue weighted by molar-refractivity contribution is 8.26. The molecule has 0 aromatic rings. The maximum atomic E-state index is 10.7. The van der Waals surface area contributed by atoms with Crippen molar-refractivity contribution >= 4 is 22.0 Å². The van der Waals surface area contributed by atoms with Crippen molar-refractivity contribution in [2.24, 2.45) is 11.8 Å². The molecule has 0 N–H and O–H groups in total. The third-order valence-electron chi connectivity index (χ3n) is 1.69. The molecule has 0 aromatic heterocycles. The molecule has 0 saturated carbocycles. The number of hydrogen-bond acceptors (Lipinski definition) is 3. The van der Waals surface area contributed by atoms with Gasteiger partial charge in [0.15, 0.2) is 10.2 Å². The van der Waals surface area contributed by atoms with Gasteiger partial charge >= 0.3 is 0 Å². The maximum absolute atomic E-state index is 10.7. The Morgan fingerprint density at radius 3 is 1.56 bits per heavy atom. The van der Waals surface area contributed by atoms with Crippen molar-refractivity contribution < 1.29 is 9.59 Å². The summed E-state index contributed by atoms with van der Waals surface area (Å²) in [6.07, 6.45) is 0. The number of carbonyl (C=O) groups is 2. The molecule has 3 heteroatoms. The van der Waals surface area contributed by atoms with Crippen LogP contribution in [0.1, 0.15) is 13.8 Å². The molecule has 1 aliphatic heterocycles. The van der Waals surface area contributed by atoms with E-state index in [9.17, 15) is 9.59 Å². The van der Waals surface area contributed by atoms with Crippen molar-refractivity contribution in [3.8, 4) is 0 Å². The normalized spacial score (nSPS) is 35.8. The first-order valence-corrected chi connectivity index (χ1v) is 3.70. The van der Waals surface area contributed by atoms with Crippen LogP contribution in [0.25, 0.3) is 0 Å². The molecule has 1 saturated heterocycles. The smallest absolute Gasteiger partial charge is 0.199 e. The van der Waals surface area contributed by atoms with Crippen molar-refractivity contribution in [3.63, 3.8) is 0 Å². The lowest BCUT2D eigenvalue weighted by atomic mass is 10.00.